The molecule has 0 heterocycles. The van der Waals surface area contributed by atoms with Crippen molar-refractivity contribution in [2.24, 2.45) is 0 Å². The maximum Gasteiger partial charge on any atom is 0.272 e. The predicted octanol–water partition coefficient (Wildman–Crippen LogP) is 0.161. The number of carbonyl (C=O) groups excluding carboxylic acids is 1. The van der Waals surface area contributed by atoms with E-state index in [1.807, 2.05) is 0 Å². The summed E-state index contributed by atoms with van der Waals surface area (Å²) in [7, 11) is 0. The fraction of sp³-hybridized carbons (Fsp3) is 0.364. The number of hydrogen-bond donors (Lipinski definition) is 2. The highest BCUT2D eigenvalue weighted by atomic mass is 19.1. The van der Waals surface area contributed by atoms with Crippen molar-refractivity contribution in [2.45, 2.75) is 0 Å². The summed E-state index contributed by atoms with van der Waals surface area (Å²) in [5, 5.41) is 28.0. The van der Waals surface area contributed by atoms with Crippen LogP contribution >= 0.6 is 0 Å². The number of aliphatic hydroxyl groups is 2. The first kappa shape index (κ1) is 15.0. The number of amides is 1. The number of halogens is 1. The maximum absolute atomic E-state index is 13.6. The Morgan fingerprint density at radius 1 is 1.32 bits per heavy atom. The fourth-order valence-corrected chi connectivity index (χ4v) is 1.52. The summed E-state index contributed by atoms with van der Waals surface area (Å²) >= 11 is 0. The number of nitrogens with zero attached hydrogens (tertiary/aromatic N) is 2. The Morgan fingerprint density at radius 2 is 1.89 bits per heavy atom. The van der Waals surface area contributed by atoms with Crippen molar-refractivity contribution in [3.8, 4) is 0 Å². The normalized spacial score (nSPS) is 10.3. The number of carbonyl (C=O) groups is 1. The van der Waals surface area contributed by atoms with Crippen molar-refractivity contribution in [2.75, 3.05) is 26.3 Å². The van der Waals surface area contributed by atoms with E-state index in [0.717, 1.165) is 17.0 Å². The Kier molecular flexibility index (Phi) is 5.34. The van der Waals surface area contributed by atoms with Gasteiger partial charge in [-0.1, -0.05) is 0 Å². The molecule has 0 aliphatic carbocycles. The van der Waals surface area contributed by atoms with Crippen LogP contribution in [0.4, 0.5) is 10.1 Å². The predicted molar refractivity (Wildman–Crippen MR) is 63.1 cm³/mol. The van der Waals surface area contributed by atoms with Crippen molar-refractivity contribution in [1.82, 2.24) is 4.90 Å². The van der Waals surface area contributed by atoms with E-state index in [1.54, 1.807) is 0 Å². The number of rotatable bonds is 6. The molecule has 1 rings (SSSR count). The van der Waals surface area contributed by atoms with Gasteiger partial charge >= 0.3 is 0 Å². The summed E-state index contributed by atoms with van der Waals surface area (Å²) in [6.45, 7) is -0.785. The molecule has 0 saturated heterocycles. The van der Waals surface area contributed by atoms with Gasteiger partial charge in [-0.05, 0) is 6.07 Å². The Bertz CT molecular complexity index is 474. The quantitative estimate of drug-likeness (QED) is 0.567. The molecule has 0 saturated carbocycles. The van der Waals surface area contributed by atoms with Crippen LogP contribution in [0, 0.1) is 15.9 Å². The molecule has 19 heavy (non-hydrogen) atoms. The van der Waals surface area contributed by atoms with Crippen LogP contribution < -0.4 is 0 Å². The molecule has 0 bridgehead atoms. The molecule has 0 fully saturated rings. The highest BCUT2D eigenvalue weighted by Crippen LogP contribution is 2.17. The molecule has 0 spiro atoms. The highest BCUT2D eigenvalue weighted by Gasteiger charge is 2.20. The molecular weight excluding hydrogens is 259 g/mol. The Balaban J connectivity index is 3.01. The van der Waals surface area contributed by atoms with Crippen LogP contribution in [0.25, 0.3) is 0 Å². The maximum atomic E-state index is 13.6. The van der Waals surface area contributed by atoms with Gasteiger partial charge in [0.15, 0.2) is 0 Å². The van der Waals surface area contributed by atoms with Crippen LogP contribution in [0.15, 0.2) is 18.2 Å². The SMILES string of the molecule is O=C(c1ccc([N+](=O)[O-])cc1F)N(CCO)CCO. The number of non-ortho nitro benzene ring substituents is 1. The van der Waals surface area contributed by atoms with Crippen molar-refractivity contribution in [1.29, 1.82) is 0 Å². The second-order valence-electron chi connectivity index (χ2n) is 3.66. The lowest BCUT2D eigenvalue weighted by molar-refractivity contribution is -0.385. The van der Waals surface area contributed by atoms with Gasteiger partial charge in [-0.3, -0.25) is 14.9 Å². The molecular formula is C11H13FN2O5. The number of nitro benzene ring substituents is 1. The lowest BCUT2D eigenvalue weighted by Gasteiger charge is -2.20. The van der Waals surface area contributed by atoms with Gasteiger partial charge in [0.25, 0.3) is 11.6 Å². The van der Waals surface area contributed by atoms with Gasteiger partial charge in [-0.2, -0.15) is 0 Å². The molecule has 0 aliphatic heterocycles. The largest absolute Gasteiger partial charge is 0.395 e. The average molecular weight is 272 g/mol. The summed E-state index contributed by atoms with van der Waals surface area (Å²) in [5.74, 6) is -1.75. The third kappa shape index (κ3) is 3.70. The fourth-order valence-electron chi connectivity index (χ4n) is 1.52. The molecule has 7 nitrogen and oxygen atoms in total. The minimum atomic E-state index is -1.01. The monoisotopic (exact) mass is 272 g/mol. The Morgan fingerprint density at radius 3 is 2.32 bits per heavy atom. The Hall–Kier alpha value is -2.06. The number of nitro groups is 1. The first-order valence-electron chi connectivity index (χ1n) is 5.46. The smallest absolute Gasteiger partial charge is 0.272 e. The standard InChI is InChI=1S/C11H13FN2O5/c12-10-7-8(14(18)19)1-2-9(10)11(17)13(3-5-15)4-6-16/h1-2,7,15-16H,3-6H2. The minimum absolute atomic E-state index is 0.0597. The van der Waals surface area contributed by atoms with Crippen LogP contribution in [-0.4, -0.2) is 52.2 Å². The van der Waals surface area contributed by atoms with Crippen LogP contribution in [-0.2, 0) is 0 Å². The van der Waals surface area contributed by atoms with Crippen molar-refractivity contribution in [3.63, 3.8) is 0 Å². The lowest BCUT2D eigenvalue weighted by Crippen LogP contribution is -2.36. The van der Waals surface area contributed by atoms with Gasteiger partial charge in [0.1, 0.15) is 5.82 Å². The zero-order valence-electron chi connectivity index (χ0n) is 9.95. The van der Waals surface area contributed by atoms with Crippen molar-refractivity contribution >= 4 is 11.6 Å². The molecule has 1 amide bonds. The molecule has 2 N–H and O–H groups in total. The summed E-state index contributed by atoms with van der Waals surface area (Å²) in [6, 6.07) is 2.69. The second-order valence-corrected chi connectivity index (χ2v) is 3.66. The summed E-state index contributed by atoms with van der Waals surface area (Å²) in [5.41, 5.74) is -0.794. The van der Waals surface area contributed by atoms with E-state index in [9.17, 15) is 19.3 Å². The zero-order chi connectivity index (χ0) is 14.4. The van der Waals surface area contributed by atoms with E-state index in [2.05, 4.69) is 0 Å². The molecule has 0 unspecified atom stereocenters. The highest BCUT2D eigenvalue weighted by molar-refractivity contribution is 5.94. The van der Waals surface area contributed by atoms with Gasteiger partial charge in [-0.15, -0.1) is 0 Å². The van der Waals surface area contributed by atoms with E-state index >= 15 is 0 Å². The van der Waals surface area contributed by atoms with E-state index in [1.165, 1.54) is 0 Å². The molecule has 8 heteroatoms. The van der Waals surface area contributed by atoms with E-state index in [-0.39, 0.29) is 31.9 Å². The van der Waals surface area contributed by atoms with E-state index in [0.29, 0.717) is 6.07 Å². The molecule has 1 aromatic rings. The van der Waals surface area contributed by atoms with E-state index < -0.39 is 22.3 Å². The van der Waals surface area contributed by atoms with Gasteiger partial charge in [0.05, 0.1) is 29.8 Å². The van der Waals surface area contributed by atoms with Crippen molar-refractivity contribution in [3.05, 3.63) is 39.7 Å². The van der Waals surface area contributed by atoms with E-state index in [4.69, 9.17) is 10.2 Å². The molecule has 104 valence electrons. The van der Waals surface area contributed by atoms with Crippen LogP contribution in [0.1, 0.15) is 10.4 Å². The lowest BCUT2D eigenvalue weighted by atomic mass is 10.1. The first-order valence-corrected chi connectivity index (χ1v) is 5.46. The number of benzene rings is 1. The van der Waals surface area contributed by atoms with Crippen molar-refractivity contribution < 1.29 is 24.3 Å². The number of hydrogen-bond acceptors (Lipinski definition) is 5. The molecule has 0 aliphatic rings. The van der Waals surface area contributed by atoms with Gasteiger partial charge in [0, 0.05) is 19.2 Å². The summed E-state index contributed by atoms with van der Waals surface area (Å²) in [4.78, 5) is 22.7. The molecule has 0 radical (unpaired) electrons. The number of aliphatic hydroxyl groups excluding tert-OH is 2. The van der Waals surface area contributed by atoms with Gasteiger partial charge < -0.3 is 15.1 Å². The molecule has 1 aromatic carbocycles. The zero-order valence-corrected chi connectivity index (χ0v) is 9.95. The average Bonchev–Trinajstić information content (AvgIpc) is 2.37. The van der Waals surface area contributed by atoms with Crippen LogP contribution in [0.3, 0.4) is 0 Å². The van der Waals surface area contributed by atoms with Gasteiger partial charge in [0.2, 0.25) is 0 Å². The summed E-state index contributed by atoms with van der Waals surface area (Å²) < 4.78 is 13.6. The Labute approximate surface area is 108 Å². The van der Waals surface area contributed by atoms with Crippen LogP contribution in [0.2, 0.25) is 0 Å². The molecule has 0 aromatic heterocycles. The minimum Gasteiger partial charge on any atom is -0.395 e. The third-order valence-electron chi connectivity index (χ3n) is 2.42. The molecule has 0 atom stereocenters. The summed E-state index contributed by atoms with van der Waals surface area (Å²) in [6.07, 6.45) is 0. The van der Waals surface area contributed by atoms with Crippen LogP contribution in [0.5, 0.6) is 0 Å². The van der Waals surface area contributed by atoms with Gasteiger partial charge in [-0.25, -0.2) is 4.39 Å². The first-order chi connectivity index (χ1) is 9.01. The second kappa shape index (κ2) is 6.76. The third-order valence-corrected chi connectivity index (χ3v) is 2.42. The topological polar surface area (TPSA) is 104 Å².